The van der Waals surface area contributed by atoms with Gasteiger partial charge in [0.15, 0.2) is 5.65 Å². The summed E-state index contributed by atoms with van der Waals surface area (Å²) in [6.07, 6.45) is 8.46. The predicted octanol–water partition coefficient (Wildman–Crippen LogP) is 2.06. The van der Waals surface area contributed by atoms with E-state index in [1.807, 2.05) is 18.3 Å². The zero-order valence-corrected chi connectivity index (χ0v) is 9.76. The van der Waals surface area contributed by atoms with E-state index in [1.54, 1.807) is 4.52 Å². The van der Waals surface area contributed by atoms with E-state index in [0.717, 1.165) is 11.3 Å². The molecule has 3 rings (SSSR count). The maximum atomic E-state index is 5.56. The summed E-state index contributed by atoms with van der Waals surface area (Å²) in [6, 6.07) is 4.62. The summed E-state index contributed by atoms with van der Waals surface area (Å²) in [4.78, 5) is 4.16. The van der Waals surface area contributed by atoms with E-state index < -0.39 is 0 Å². The van der Waals surface area contributed by atoms with Crippen molar-refractivity contribution in [1.82, 2.24) is 14.6 Å². The number of aromatic nitrogens is 3. The van der Waals surface area contributed by atoms with Gasteiger partial charge in [-0.25, -0.2) is 4.52 Å². The fourth-order valence-corrected chi connectivity index (χ4v) is 2.47. The van der Waals surface area contributed by atoms with Crippen LogP contribution in [0.2, 0.25) is 0 Å². The van der Waals surface area contributed by atoms with Crippen molar-refractivity contribution in [1.29, 1.82) is 0 Å². The number of hydrogen-bond donors (Lipinski definition) is 2. The fraction of sp³-hybridized carbons (Fsp3) is 0.500. The summed E-state index contributed by atoms with van der Waals surface area (Å²) >= 11 is 0. The second-order valence-corrected chi connectivity index (χ2v) is 4.67. The minimum atomic E-state index is 0.319. The third-order valence-electron chi connectivity index (χ3n) is 3.33. The van der Waals surface area contributed by atoms with Gasteiger partial charge in [0.25, 0.3) is 0 Å². The van der Waals surface area contributed by atoms with Crippen LogP contribution < -0.4 is 11.1 Å². The van der Waals surface area contributed by atoms with Gasteiger partial charge in [0.2, 0.25) is 5.95 Å². The number of fused-ring (bicyclic) bond motifs is 1. The molecule has 1 fully saturated rings. The Morgan fingerprint density at radius 3 is 2.94 bits per heavy atom. The molecule has 0 spiro atoms. The quantitative estimate of drug-likeness (QED) is 0.830. The SMILES string of the molecule is Nc1nc2cc(NC3CCCCC3)ccn2n1. The van der Waals surface area contributed by atoms with Crippen molar-refractivity contribution in [3.8, 4) is 0 Å². The lowest BCUT2D eigenvalue weighted by Crippen LogP contribution is -2.22. The van der Waals surface area contributed by atoms with Crippen molar-refractivity contribution in [2.24, 2.45) is 0 Å². The Bertz CT molecular complexity index is 513. The van der Waals surface area contributed by atoms with E-state index in [1.165, 1.54) is 32.1 Å². The molecule has 0 amide bonds. The van der Waals surface area contributed by atoms with E-state index in [2.05, 4.69) is 15.4 Å². The van der Waals surface area contributed by atoms with Gasteiger partial charge in [-0.2, -0.15) is 4.98 Å². The summed E-state index contributed by atoms with van der Waals surface area (Å²) in [6.45, 7) is 0. The average molecular weight is 231 g/mol. The van der Waals surface area contributed by atoms with Crippen LogP contribution in [0.25, 0.3) is 5.65 Å². The van der Waals surface area contributed by atoms with Crippen LogP contribution in [0.5, 0.6) is 0 Å². The van der Waals surface area contributed by atoms with E-state index in [4.69, 9.17) is 5.73 Å². The van der Waals surface area contributed by atoms with E-state index in [9.17, 15) is 0 Å². The highest BCUT2D eigenvalue weighted by atomic mass is 15.3. The van der Waals surface area contributed by atoms with Gasteiger partial charge >= 0.3 is 0 Å². The molecular formula is C12H17N5. The Morgan fingerprint density at radius 1 is 1.29 bits per heavy atom. The number of anilines is 2. The lowest BCUT2D eigenvalue weighted by atomic mass is 9.95. The minimum absolute atomic E-state index is 0.319. The summed E-state index contributed by atoms with van der Waals surface area (Å²) in [5.74, 6) is 0.319. The molecule has 1 aliphatic rings. The zero-order chi connectivity index (χ0) is 11.7. The molecule has 3 N–H and O–H groups in total. The van der Waals surface area contributed by atoms with Crippen LogP contribution in [0.1, 0.15) is 32.1 Å². The summed E-state index contributed by atoms with van der Waals surface area (Å²) < 4.78 is 1.70. The van der Waals surface area contributed by atoms with Crippen LogP contribution in [0.3, 0.4) is 0 Å². The molecule has 5 heteroatoms. The number of pyridine rings is 1. The predicted molar refractivity (Wildman–Crippen MR) is 67.9 cm³/mol. The average Bonchev–Trinajstić information content (AvgIpc) is 2.70. The maximum absolute atomic E-state index is 5.56. The molecule has 5 nitrogen and oxygen atoms in total. The van der Waals surface area contributed by atoms with E-state index in [0.29, 0.717) is 12.0 Å². The van der Waals surface area contributed by atoms with E-state index in [-0.39, 0.29) is 0 Å². The topological polar surface area (TPSA) is 68.2 Å². The third-order valence-corrected chi connectivity index (χ3v) is 3.33. The van der Waals surface area contributed by atoms with Crippen LogP contribution >= 0.6 is 0 Å². The van der Waals surface area contributed by atoms with Gasteiger partial charge in [-0.3, -0.25) is 0 Å². The lowest BCUT2D eigenvalue weighted by molar-refractivity contribution is 0.463. The molecule has 0 unspecified atom stereocenters. The summed E-state index contributed by atoms with van der Waals surface area (Å²) in [5, 5.41) is 7.62. The van der Waals surface area contributed by atoms with Crippen LogP contribution in [-0.2, 0) is 0 Å². The molecule has 17 heavy (non-hydrogen) atoms. The van der Waals surface area contributed by atoms with Crippen molar-refractivity contribution >= 4 is 17.3 Å². The first kappa shape index (κ1) is 10.4. The molecule has 0 atom stereocenters. The van der Waals surface area contributed by atoms with Gasteiger partial charge in [0, 0.05) is 24.0 Å². The van der Waals surface area contributed by atoms with Gasteiger partial charge < -0.3 is 11.1 Å². The molecule has 1 saturated carbocycles. The number of nitrogen functional groups attached to an aromatic ring is 1. The molecule has 0 aliphatic heterocycles. The number of nitrogens with one attached hydrogen (secondary N) is 1. The first-order chi connectivity index (χ1) is 8.31. The molecule has 90 valence electrons. The lowest BCUT2D eigenvalue weighted by Gasteiger charge is -2.23. The normalized spacial score (nSPS) is 17.4. The van der Waals surface area contributed by atoms with Gasteiger partial charge in [-0.15, -0.1) is 5.10 Å². The first-order valence-corrected chi connectivity index (χ1v) is 6.20. The van der Waals surface area contributed by atoms with Crippen molar-refractivity contribution in [2.45, 2.75) is 38.1 Å². The van der Waals surface area contributed by atoms with E-state index >= 15 is 0 Å². The molecular weight excluding hydrogens is 214 g/mol. The second kappa shape index (κ2) is 4.24. The first-order valence-electron chi connectivity index (χ1n) is 6.20. The van der Waals surface area contributed by atoms with Crippen LogP contribution in [0.15, 0.2) is 18.3 Å². The third kappa shape index (κ3) is 2.18. The maximum Gasteiger partial charge on any atom is 0.240 e. The van der Waals surface area contributed by atoms with Gasteiger partial charge in [-0.05, 0) is 18.9 Å². The van der Waals surface area contributed by atoms with Crippen LogP contribution in [0, 0.1) is 0 Å². The Balaban J connectivity index is 1.79. The Kier molecular flexibility index (Phi) is 2.59. The Morgan fingerprint density at radius 2 is 2.12 bits per heavy atom. The van der Waals surface area contributed by atoms with Crippen molar-refractivity contribution in [3.63, 3.8) is 0 Å². The Labute approximate surface area is 100 Å². The standard InChI is InChI=1S/C12H17N5/c13-12-15-11-8-10(6-7-17(11)16-12)14-9-4-2-1-3-5-9/h6-9,14H,1-5H2,(H2,13,16). The fourth-order valence-electron chi connectivity index (χ4n) is 2.47. The van der Waals surface area contributed by atoms with Crippen molar-refractivity contribution < 1.29 is 0 Å². The molecule has 1 aliphatic carbocycles. The highest BCUT2D eigenvalue weighted by Crippen LogP contribution is 2.22. The number of nitrogens with two attached hydrogens (primary N) is 1. The van der Waals surface area contributed by atoms with Crippen molar-refractivity contribution in [3.05, 3.63) is 18.3 Å². The molecule has 2 aromatic heterocycles. The smallest absolute Gasteiger partial charge is 0.240 e. The van der Waals surface area contributed by atoms with Gasteiger partial charge in [-0.1, -0.05) is 19.3 Å². The summed E-state index contributed by atoms with van der Waals surface area (Å²) in [5.41, 5.74) is 7.46. The molecule has 0 aromatic carbocycles. The number of rotatable bonds is 2. The highest BCUT2D eigenvalue weighted by Gasteiger charge is 2.13. The van der Waals surface area contributed by atoms with Gasteiger partial charge in [0.1, 0.15) is 0 Å². The van der Waals surface area contributed by atoms with Gasteiger partial charge in [0.05, 0.1) is 0 Å². The number of nitrogens with zero attached hydrogens (tertiary/aromatic N) is 3. The zero-order valence-electron chi connectivity index (χ0n) is 9.76. The van der Waals surface area contributed by atoms with Crippen LogP contribution in [0.4, 0.5) is 11.6 Å². The molecule has 0 saturated heterocycles. The summed E-state index contributed by atoms with van der Waals surface area (Å²) in [7, 11) is 0. The minimum Gasteiger partial charge on any atom is -0.382 e. The number of hydrogen-bond acceptors (Lipinski definition) is 4. The molecule has 2 heterocycles. The molecule has 0 radical (unpaired) electrons. The Hall–Kier alpha value is -1.78. The van der Waals surface area contributed by atoms with Crippen LogP contribution in [-0.4, -0.2) is 20.6 Å². The highest BCUT2D eigenvalue weighted by molar-refractivity contribution is 5.55. The monoisotopic (exact) mass is 231 g/mol. The second-order valence-electron chi connectivity index (χ2n) is 4.67. The largest absolute Gasteiger partial charge is 0.382 e. The molecule has 0 bridgehead atoms. The van der Waals surface area contributed by atoms with Crippen molar-refractivity contribution in [2.75, 3.05) is 11.1 Å². The molecule has 2 aromatic rings.